The van der Waals surface area contributed by atoms with Crippen LogP contribution in [0, 0.1) is 6.92 Å². The molecule has 0 unspecified atom stereocenters. The summed E-state index contributed by atoms with van der Waals surface area (Å²) in [5.74, 6) is 1.94. The Kier molecular flexibility index (Phi) is 4.54. The Morgan fingerprint density at radius 2 is 2.10 bits per heavy atom. The molecule has 0 radical (unpaired) electrons. The van der Waals surface area contributed by atoms with Crippen LogP contribution in [0.1, 0.15) is 46.3 Å². The van der Waals surface area contributed by atoms with Gasteiger partial charge in [0.05, 0.1) is 16.6 Å². The summed E-state index contributed by atoms with van der Waals surface area (Å²) in [6.45, 7) is 2.42. The summed E-state index contributed by atoms with van der Waals surface area (Å²) >= 11 is 0. The van der Waals surface area contributed by atoms with Gasteiger partial charge in [-0.1, -0.05) is 6.07 Å². The zero-order chi connectivity index (χ0) is 20.7. The fourth-order valence-electron chi connectivity index (χ4n) is 3.73. The Labute approximate surface area is 174 Å². The number of fused-ring (bicyclic) bond motifs is 1. The van der Waals surface area contributed by atoms with Gasteiger partial charge in [-0.25, -0.2) is 15.0 Å². The molecule has 8 heteroatoms. The number of aromatic nitrogens is 6. The molecular weight excluding hydrogens is 378 g/mol. The Balaban J connectivity index is 1.51. The highest BCUT2D eigenvalue weighted by Gasteiger charge is 2.29. The van der Waals surface area contributed by atoms with Crippen LogP contribution in [0.25, 0.3) is 16.9 Å². The number of nitrogens with zero attached hydrogens (tertiary/aromatic N) is 6. The van der Waals surface area contributed by atoms with Crippen molar-refractivity contribution in [2.45, 2.75) is 32.1 Å². The van der Waals surface area contributed by atoms with Gasteiger partial charge in [0.2, 0.25) is 0 Å². The van der Waals surface area contributed by atoms with E-state index in [9.17, 15) is 4.79 Å². The molecular formula is C22H23N7O. The standard InChI is InChI=1S/C22H23N7O/c1-14-20-16(22(30)25-10-8-18-24-11-12-28(18)2)13-17(15-6-7-15)26-21(20)29(27-14)19-5-3-4-9-23-19/h3-5,9,11-13,15H,6-8,10H2,1-2H3,(H,25,30). The van der Waals surface area contributed by atoms with Crippen molar-refractivity contribution in [2.24, 2.45) is 7.05 Å². The lowest BCUT2D eigenvalue weighted by molar-refractivity contribution is 0.0955. The van der Waals surface area contributed by atoms with E-state index in [1.807, 2.05) is 49.0 Å². The van der Waals surface area contributed by atoms with E-state index >= 15 is 0 Å². The van der Waals surface area contributed by atoms with E-state index in [1.165, 1.54) is 0 Å². The lowest BCUT2D eigenvalue weighted by Gasteiger charge is -2.09. The van der Waals surface area contributed by atoms with Crippen LogP contribution in [0.15, 0.2) is 42.9 Å². The van der Waals surface area contributed by atoms with Crippen LogP contribution in [0.4, 0.5) is 0 Å². The van der Waals surface area contributed by atoms with Gasteiger partial charge in [0.25, 0.3) is 5.91 Å². The van der Waals surface area contributed by atoms with E-state index < -0.39 is 0 Å². The Morgan fingerprint density at radius 1 is 1.23 bits per heavy atom. The maximum atomic E-state index is 13.1. The Bertz CT molecular complexity index is 1220. The van der Waals surface area contributed by atoms with Gasteiger partial charge in [-0.15, -0.1) is 0 Å². The minimum atomic E-state index is -0.109. The van der Waals surface area contributed by atoms with Crippen molar-refractivity contribution in [1.29, 1.82) is 0 Å². The quantitative estimate of drug-likeness (QED) is 0.536. The number of aryl methyl sites for hydroxylation is 2. The van der Waals surface area contributed by atoms with Crippen molar-refractivity contribution < 1.29 is 4.79 Å². The van der Waals surface area contributed by atoms with Crippen molar-refractivity contribution in [2.75, 3.05) is 6.54 Å². The number of imidazole rings is 1. The van der Waals surface area contributed by atoms with Crippen molar-refractivity contribution in [3.8, 4) is 5.82 Å². The average molecular weight is 401 g/mol. The fourth-order valence-corrected chi connectivity index (χ4v) is 3.73. The Hall–Kier alpha value is -3.55. The van der Waals surface area contributed by atoms with E-state index in [0.29, 0.717) is 35.9 Å². The number of rotatable bonds is 6. The molecule has 1 saturated carbocycles. The maximum Gasteiger partial charge on any atom is 0.252 e. The van der Waals surface area contributed by atoms with Crippen LogP contribution in [0.2, 0.25) is 0 Å². The molecule has 1 aliphatic rings. The predicted octanol–water partition coefficient (Wildman–Crippen LogP) is 2.71. The first-order chi connectivity index (χ1) is 14.6. The number of hydrogen-bond donors (Lipinski definition) is 1. The highest BCUT2D eigenvalue weighted by atomic mass is 16.1. The van der Waals surface area contributed by atoms with Crippen LogP contribution in [0.3, 0.4) is 0 Å². The molecule has 0 saturated heterocycles. The van der Waals surface area contributed by atoms with E-state index in [0.717, 1.165) is 35.4 Å². The smallest absolute Gasteiger partial charge is 0.252 e. The van der Waals surface area contributed by atoms with Crippen molar-refractivity contribution >= 4 is 16.9 Å². The van der Waals surface area contributed by atoms with Gasteiger partial charge in [-0.3, -0.25) is 4.79 Å². The highest BCUT2D eigenvalue weighted by molar-refractivity contribution is 6.06. The first-order valence-electron chi connectivity index (χ1n) is 10.2. The molecule has 0 aliphatic heterocycles. The van der Waals surface area contributed by atoms with Gasteiger partial charge in [0, 0.05) is 50.2 Å². The summed E-state index contributed by atoms with van der Waals surface area (Å²) in [6, 6.07) is 7.62. The third-order valence-corrected chi connectivity index (χ3v) is 5.49. The lowest BCUT2D eigenvalue weighted by atomic mass is 10.1. The zero-order valence-electron chi connectivity index (χ0n) is 17.0. The molecule has 0 spiro atoms. The van der Waals surface area contributed by atoms with Crippen LogP contribution in [-0.4, -0.2) is 41.8 Å². The number of hydrogen-bond acceptors (Lipinski definition) is 5. The molecule has 30 heavy (non-hydrogen) atoms. The monoisotopic (exact) mass is 401 g/mol. The molecule has 0 bridgehead atoms. The van der Waals surface area contributed by atoms with Crippen LogP contribution < -0.4 is 5.32 Å². The number of carbonyl (C=O) groups is 1. The van der Waals surface area contributed by atoms with Gasteiger partial charge >= 0.3 is 0 Å². The van der Waals surface area contributed by atoms with Crippen molar-refractivity contribution in [3.63, 3.8) is 0 Å². The topological polar surface area (TPSA) is 90.5 Å². The summed E-state index contributed by atoms with van der Waals surface area (Å²) in [7, 11) is 1.95. The lowest BCUT2D eigenvalue weighted by Crippen LogP contribution is -2.27. The number of nitrogens with one attached hydrogen (secondary N) is 1. The summed E-state index contributed by atoms with van der Waals surface area (Å²) in [4.78, 5) is 26.8. The largest absolute Gasteiger partial charge is 0.352 e. The van der Waals surface area contributed by atoms with Crippen LogP contribution in [-0.2, 0) is 13.5 Å². The van der Waals surface area contributed by atoms with E-state index in [2.05, 4.69) is 20.4 Å². The normalized spacial score (nSPS) is 13.7. The summed E-state index contributed by atoms with van der Waals surface area (Å²) in [5, 5.41) is 8.48. The number of carbonyl (C=O) groups excluding carboxylic acids is 1. The SMILES string of the molecule is Cc1nn(-c2ccccn2)c2nc(C3CC3)cc(C(=O)NCCc3nccn3C)c12. The van der Waals surface area contributed by atoms with Gasteiger partial charge in [0.1, 0.15) is 5.82 Å². The third-order valence-electron chi connectivity index (χ3n) is 5.49. The fraction of sp³-hybridized carbons (Fsp3) is 0.318. The molecule has 0 atom stereocenters. The van der Waals surface area contributed by atoms with Gasteiger partial charge in [-0.05, 0) is 38.0 Å². The van der Waals surface area contributed by atoms with Gasteiger partial charge < -0.3 is 9.88 Å². The van der Waals surface area contributed by atoms with Crippen LogP contribution >= 0.6 is 0 Å². The second-order valence-corrected chi connectivity index (χ2v) is 7.71. The van der Waals surface area contributed by atoms with Gasteiger partial charge in [0.15, 0.2) is 11.5 Å². The molecule has 152 valence electrons. The molecule has 5 rings (SSSR count). The third kappa shape index (κ3) is 3.34. The predicted molar refractivity (Wildman–Crippen MR) is 113 cm³/mol. The number of pyridine rings is 2. The second-order valence-electron chi connectivity index (χ2n) is 7.71. The molecule has 1 amide bonds. The molecule has 0 aromatic carbocycles. The summed E-state index contributed by atoms with van der Waals surface area (Å²) in [6.07, 6.45) is 8.28. The first kappa shape index (κ1) is 18.5. The van der Waals surface area contributed by atoms with Crippen molar-refractivity contribution in [1.82, 2.24) is 34.6 Å². The molecule has 4 heterocycles. The minimum Gasteiger partial charge on any atom is -0.352 e. The molecule has 1 aliphatic carbocycles. The number of amides is 1. The molecule has 8 nitrogen and oxygen atoms in total. The van der Waals surface area contributed by atoms with E-state index in [-0.39, 0.29) is 5.91 Å². The Morgan fingerprint density at radius 3 is 2.80 bits per heavy atom. The molecule has 4 aromatic heterocycles. The first-order valence-corrected chi connectivity index (χ1v) is 10.2. The van der Waals surface area contributed by atoms with Crippen molar-refractivity contribution in [3.05, 3.63) is 65.6 Å². The van der Waals surface area contributed by atoms with Gasteiger partial charge in [-0.2, -0.15) is 9.78 Å². The minimum absolute atomic E-state index is 0.109. The van der Waals surface area contributed by atoms with E-state index in [4.69, 9.17) is 4.98 Å². The summed E-state index contributed by atoms with van der Waals surface area (Å²) in [5.41, 5.74) is 3.03. The second kappa shape index (κ2) is 7.37. The van der Waals surface area contributed by atoms with E-state index in [1.54, 1.807) is 17.1 Å². The zero-order valence-corrected chi connectivity index (χ0v) is 17.0. The molecule has 1 fully saturated rings. The average Bonchev–Trinajstić information content (AvgIpc) is 3.46. The van der Waals surface area contributed by atoms with Crippen LogP contribution in [0.5, 0.6) is 0 Å². The maximum absolute atomic E-state index is 13.1. The molecule has 1 N–H and O–H groups in total. The summed E-state index contributed by atoms with van der Waals surface area (Å²) < 4.78 is 3.70. The highest BCUT2D eigenvalue weighted by Crippen LogP contribution is 2.40. The molecule has 4 aromatic rings.